The maximum atomic E-state index is 12.7. The van der Waals surface area contributed by atoms with Gasteiger partial charge in [0.2, 0.25) is 0 Å². The first kappa shape index (κ1) is 14.3. The predicted octanol–water partition coefficient (Wildman–Crippen LogP) is 1.04. The third kappa shape index (κ3) is 1.89. The molecule has 0 aliphatic heterocycles. The van der Waals surface area contributed by atoms with Crippen molar-refractivity contribution in [2.75, 3.05) is 13.7 Å². The Kier molecular flexibility index (Phi) is 3.55. The molecule has 0 unspecified atom stereocenters. The molecule has 100 valence electrons. The number of esters is 2. The number of rotatable bonds is 3. The molecule has 1 rings (SSSR count). The van der Waals surface area contributed by atoms with E-state index in [1.54, 1.807) is 0 Å². The van der Waals surface area contributed by atoms with E-state index in [1.807, 2.05) is 0 Å². The molecule has 18 heavy (non-hydrogen) atoms. The zero-order valence-corrected chi connectivity index (χ0v) is 9.58. The van der Waals surface area contributed by atoms with Crippen LogP contribution in [0.2, 0.25) is 0 Å². The summed E-state index contributed by atoms with van der Waals surface area (Å²) in [5.74, 6) is -6.81. The largest absolute Gasteiger partial charge is 0.469 e. The Bertz CT molecular complexity index is 414. The lowest BCUT2D eigenvalue weighted by Crippen LogP contribution is -2.26. The van der Waals surface area contributed by atoms with Crippen LogP contribution in [0.5, 0.6) is 0 Å². The molecular formula is C10H10F3NO4. The first-order valence-corrected chi connectivity index (χ1v) is 5.00. The molecule has 5 nitrogen and oxygen atoms in total. The number of nitrogens with zero attached hydrogens (tertiary/aromatic N) is 1. The Hall–Kier alpha value is -1.78. The van der Waals surface area contributed by atoms with Crippen LogP contribution in [-0.2, 0) is 19.1 Å². The molecule has 0 heterocycles. The summed E-state index contributed by atoms with van der Waals surface area (Å²) in [5, 5.41) is 8.84. The molecule has 0 aromatic carbocycles. The van der Waals surface area contributed by atoms with E-state index in [-0.39, 0.29) is 6.61 Å². The average molecular weight is 265 g/mol. The first-order chi connectivity index (χ1) is 8.27. The van der Waals surface area contributed by atoms with Gasteiger partial charge in [-0.2, -0.15) is 18.4 Å². The third-order valence-corrected chi connectivity index (χ3v) is 2.81. The van der Waals surface area contributed by atoms with Crippen LogP contribution in [0.4, 0.5) is 13.2 Å². The molecule has 1 aliphatic rings. The average Bonchev–Trinajstić information content (AvgIpc) is 2.98. The summed E-state index contributed by atoms with van der Waals surface area (Å²) in [4.78, 5) is 22.7. The second kappa shape index (κ2) is 4.48. The summed E-state index contributed by atoms with van der Waals surface area (Å²) >= 11 is 0. The van der Waals surface area contributed by atoms with Gasteiger partial charge in [-0.15, -0.1) is 0 Å². The van der Waals surface area contributed by atoms with E-state index < -0.39 is 35.4 Å². The number of nitriles is 1. The second-order valence-corrected chi connectivity index (χ2v) is 3.72. The number of hydrogen-bond donors (Lipinski definition) is 0. The fourth-order valence-corrected chi connectivity index (χ4v) is 1.97. The van der Waals surface area contributed by atoms with E-state index in [2.05, 4.69) is 9.47 Å². The fourth-order valence-electron chi connectivity index (χ4n) is 1.97. The van der Waals surface area contributed by atoms with Crippen LogP contribution in [0.15, 0.2) is 0 Å². The molecule has 3 atom stereocenters. The molecule has 0 spiro atoms. The van der Waals surface area contributed by atoms with Crippen molar-refractivity contribution in [2.45, 2.75) is 13.1 Å². The molecule has 0 aromatic rings. The summed E-state index contributed by atoms with van der Waals surface area (Å²) in [6.45, 7) is 1.21. The molecule has 0 amide bonds. The number of methoxy groups -OCH3 is 1. The van der Waals surface area contributed by atoms with Crippen LogP contribution in [0.1, 0.15) is 6.92 Å². The molecule has 1 aliphatic carbocycles. The fraction of sp³-hybridized carbons (Fsp3) is 0.700. The Balaban J connectivity index is 3.14. The molecule has 1 fully saturated rings. The van der Waals surface area contributed by atoms with E-state index >= 15 is 0 Å². The maximum absolute atomic E-state index is 12.7. The van der Waals surface area contributed by atoms with Crippen molar-refractivity contribution in [3.63, 3.8) is 0 Å². The maximum Gasteiger partial charge on any atom is 0.394 e. The highest BCUT2D eigenvalue weighted by Gasteiger charge is 2.84. The number of halogens is 3. The summed E-state index contributed by atoms with van der Waals surface area (Å²) in [7, 11) is 0.890. The molecule has 8 heteroatoms. The Labute approximate surface area is 100 Å². The van der Waals surface area contributed by atoms with Gasteiger partial charge in [0.15, 0.2) is 5.41 Å². The minimum Gasteiger partial charge on any atom is -0.469 e. The van der Waals surface area contributed by atoms with Gasteiger partial charge in [0.05, 0.1) is 19.8 Å². The molecule has 0 aromatic heterocycles. The zero-order chi connectivity index (χ0) is 14.1. The summed E-state index contributed by atoms with van der Waals surface area (Å²) in [6, 6.07) is 1.26. The highest BCUT2D eigenvalue weighted by molar-refractivity contribution is 5.95. The smallest absolute Gasteiger partial charge is 0.394 e. The van der Waals surface area contributed by atoms with Crippen molar-refractivity contribution in [3.8, 4) is 6.07 Å². The number of hydrogen-bond acceptors (Lipinski definition) is 5. The van der Waals surface area contributed by atoms with Gasteiger partial charge in [-0.1, -0.05) is 0 Å². The molecule has 0 N–H and O–H groups in total. The van der Waals surface area contributed by atoms with Crippen molar-refractivity contribution in [3.05, 3.63) is 0 Å². The minimum atomic E-state index is -4.85. The van der Waals surface area contributed by atoms with E-state index in [0.29, 0.717) is 0 Å². The normalized spacial score (nSPS) is 30.2. The predicted molar refractivity (Wildman–Crippen MR) is 49.7 cm³/mol. The van der Waals surface area contributed by atoms with Gasteiger partial charge in [-0.05, 0) is 6.92 Å². The number of ether oxygens (including phenoxy) is 2. The van der Waals surface area contributed by atoms with E-state index in [0.717, 1.165) is 7.11 Å². The van der Waals surface area contributed by atoms with Gasteiger partial charge in [-0.25, -0.2) is 0 Å². The zero-order valence-electron chi connectivity index (χ0n) is 9.58. The Morgan fingerprint density at radius 1 is 1.44 bits per heavy atom. The lowest BCUT2D eigenvalue weighted by molar-refractivity contribution is -0.169. The van der Waals surface area contributed by atoms with Crippen LogP contribution >= 0.6 is 0 Å². The van der Waals surface area contributed by atoms with Gasteiger partial charge in [0, 0.05) is 0 Å². The van der Waals surface area contributed by atoms with Gasteiger partial charge in [0.25, 0.3) is 0 Å². The van der Waals surface area contributed by atoms with Crippen LogP contribution in [0, 0.1) is 28.6 Å². The summed E-state index contributed by atoms with van der Waals surface area (Å²) < 4.78 is 46.7. The standard InChI is InChI=1S/C10H10F3NO4/c1-3-18-8(16)9(4-14)5(7(15)17-2)6(9)10(11,12)13/h5-6H,3H2,1-2H3/t5-,6+,9+/m1/s1. The SMILES string of the molecule is CCOC(=O)[C@]1(C#N)[C@@H](C(F)(F)F)[C@@H]1C(=O)OC. The van der Waals surface area contributed by atoms with Gasteiger partial charge >= 0.3 is 18.1 Å². The Morgan fingerprint density at radius 3 is 2.33 bits per heavy atom. The van der Waals surface area contributed by atoms with Crippen molar-refractivity contribution < 1.29 is 32.2 Å². The quantitative estimate of drug-likeness (QED) is 0.712. The van der Waals surface area contributed by atoms with E-state index in [9.17, 15) is 22.8 Å². The van der Waals surface area contributed by atoms with Crippen molar-refractivity contribution in [1.29, 1.82) is 5.26 Å². The van der Waals surface area contributed by atoms with Crippen molar-refractivity contribution in [1.82, 2.24) is 0 Å². The van der Waals surface area contributed by atoms with Crippen molar-refractivity contribution in [2.24, 2.45) is 17.3 Å². The van der Waals surface area contributed by atoms with Crippen LogP contribution < -0.4 is 0 Å². The van der Waals surface area contributed by atoms with Crippen LogP contribution in [0.25, 0.3) is 0 Å². The van der Waals surface area contributed by atoms with E-state index in [4.69, 9.17) is 5.26 Å². The van der Waals surface area contributed by atoms with Gasteiger partial charge in [0.1, 0.15) is 11.8 Å². The van der Waals surface area contributed by atoms with Crippen molar-refractivity contribution >= 4 is 11.9 Å². The third-order valence-electron chi connectivity index (χ3n) is 2.81. The van der Waals surface area contributed by atoms with Crippen LogP contribution in [-0.4, -0.2) is 31.8 Å². The lowest BCUT2D eigenvalue weighted by atomic mass is 10.0. The molecule has 0 bridgehead atoms. The molecule has 1 saturated carbocycles. The number of carbonyl (C=O) groups excluding carboxylic acids is 2. The number of alkyl halides is 3. The molecular weight excluding hydrogens is 255 g/mol. The number of carbonyl (C=O) groups is 2. The Morgan fingerprint density at radius 2 is 2.00 bits per heavy atom. The highest BCUT2D eigenvalue weighted by atomic mass is 19.4. The highest BCUT2D eigenvalue weighted by Crippen LogP contribution is 2.66. The molecule has 0 saturated heterocycles. The van der Waals surface area contributed by atoms with E-state index in [1.165, 1.54) is 13.0 Å². The molecule has 0 radical (unpaired) electrons. The summed E-state index contributed by atoms with van der Waals surface area (Å²) in [6.07, 6.45) is -4.85. The second-order valence-electron chi connectivity index (χ2n) is 3.72. The first-order valence-electron chi connectivity index (χ1n) is 5.00. The van der Waals surface area contributed by atoms with Gasteiger partial charge in [-0.3, -0.25) is 9.59 Å². The topological polar surface area (TPSA) is 76.4 Å². The summed E-state index contributed by atoms with van der Waals surface area (Å²) in [5.41, 5.74) is -2.51. The monoisotopic (exact) mass is 265 g/mol. The minimum absolute atomic E-state index is 0.180. The van der Waals surface area contributed by atoms with Crippen LogP contribution in [0.3, 0.4) is 0 Å². The van der Waals surface area contributed by atoms with Gasteiger partial charge < -0.3 is 9.47 Å². The lowest BCUT2D eigenvalue weighted by Gasteiger charge is -2.09.